The van der Waals surface area contributed by atoms with Crippen LogP contribution in [-0.4, -0.2) is 47.9 Å². The average Bonchev–Trinajstić information content (AvgIpc) is 3.28. The molecule has 7 nitrogen and oxygen atoms in total. The number of aromatic nitrogens is 5. The Morgan fingerprint density at radius 1 is 1.28 bits per heavy atom. The molecule has 134 valence electrons. The van der Waals surface area contributed by atoms with E-state index in [1.54, 1.807) is 0 Å². The monoisotopic (exact) mass is 360 g/mol. The van der Waals surface area contributed by atoms with Crippen LogP contribution in [0.1, 0.15) is 56.3 Å². The quantitative estimate of drug-likeness (QED) is 0.767. The van der Waals surface area contributed by atoms with Crippen LogP contribution in [0.15, 0.2) is 23.5 Å². The minimum Gasteiger partial charge on any atom is -0.353 e. The van der Waals surface area contributed by atoms with Crippen molar-refractivity contribution in [3.63, 3.8) is 0 Å². The normalized spacial score (nSPS) is 21.3. The molecule has 2 aliphatic rings. The molecule has 0 spiro atoms. The lowest BCUT2D eigenvalue weighted by atomic mass is 10.1. The zero-order valence-corrected chi connectivity index (χ0v) is 15.4. The third-order valence-electron chi connectivity index (χ3n) is 5.08. The summed E-state index contributed by atoms with van der Waals surface area (Å²) in [7, 11) is 2.06. The van der Waals surface area contributed by atoms with E-state index in [2.05, 4.69) is 50.4 Å². The van der Waals surface area contributed by atoms with Crippen LogP contribution in [0.3, 0.4) is 0 Å². The molecule has 0 N–H and O–H groups in total. The van der Waals surface area contributed by atoms with E-state index in [4.69, 9.17) is 0 Å². The number of hydrogen-bond acceptors (Lipinski definition) is 5. The van der Waals surface area contributed by atoms with Gasteiger partial charge < -0.3 is 9.47 Å². The number of aryl methyl sites for hydroxylation is 1. The number of rotatable bonds is 5. The van der Waals surface area contributed by atoms with Crippen molar-refractivity contribution in [3.8, 4) is 0 Å². The van der Waals surface area contributed by atoms with E-state index >= 15 is 0 Å². The zero-order chi connectivity index (χ0) is 17.2. The summed E-state index contributed by atoms with van der Waals surface area (Å²) >= 11 is 1.46. The highest BCUT2D eigenvalue weighted by Gasteiger charge is 2.30. The second-order valence-corrected chi connectivity index (χ2v) is 7.86. The average molecular weight is 360 g/mol. The molecule has 8 heteroatoms. The largest absolute Gasteiger partial charge is 0.353 e. The van der Waals surface area contributed by atoms with Gasteiger partial charge in [-0.2, -0.15) is 0 Å². The molecule has 2 aromatic rings. The molecule has 25 heavy (non-hydrogen) atoms. The Bertz CT molecular complexity index is 737. The first kappa shape index (κ1) is 16.6. The third-order valence-corrected chi connectivity index (χ3v) is 6.00. The summed E-state index contributed by atoms with van der Waals surface area (Å²) in [5.74, 6) is 0.581. The molecule has 2 fully saturated rings. The van der Waals surface area contributed by atoms with Crippen molar-refractivity contribution >= 4 is 17.7 Å². The van der Waals surface area contributed by atoms with Crippen LogP contribution < -0.4 is 0 Å². The van der Waals surface area contributed by atoms with Gasteiger partial charge >= 0.3 is 0 Å². The predicted molar refractivity (Wildman–Crippen MR) is 95.1 cm³/mol. The second-order valence-electron chi connectivity index (χ2n) is 6.92. The highest BCUT2D eigenvalue weighted by molar-refractivity contribution is 7.99. The predicted octanol–water partition coefficient (Wildman–Crippen LogP) is 2.58. The molecule has 0 aromatic carbocycles. The molecule has 0 unspecified atom stereocenters. The van der Waals surface area contributed by atoms with Crippen molar-refractivity contribution in [1.82, 2.24) is 29.7 Å². The van der Waals surface area contributed by atoms with E-state index in [9.17, 15) is 4.79 Å². The Morgan fingerprint density at radius 3 is 2.92 bits per heavy atom. The first-order chi connectivity index (χ1) is 12.2. The summed E-state index contributed by atoms with van der Waals surface area (Å²) < 4.78 is 4.01. The number of thioether (sulfide) groups is 1. The van der Waals surface area contributed by atoms with E-state index in [1.165, 1.54) is 30.3 Å². The van der Waals surface area contributed by atoms with Gasteiger partial charge in [0.25, 0.3) is 0 Å². The highest BCUT2D eigenvalue weighted by atomic mass is 32.2. The first-order valence-electron chi connectivity index (χ1n) is 9.05. The van der Waals surface area contributed by atoms with Crippen molar-refractivity contribution in [2.45, 2.75) is 55.8 Å². The Balaban J connectivity index is 1.46. The van der Waals surface area contributed by atoms with Crippen molar-refractivity contribution in [3.05, 3.63) is 24.0 Å². The molecule has 0 radical (unpaired) electrons. The van der Waals surface area contributed by atoms with E-state index in [1.807, 2.05) is 4.68 Å². The van der Waals surface area contributed by atoms with Crippen molar-refractivity contribution in [2.75, 3.05) is 12.3 Å². The number of tetrazole rings is 1. The van der Waals surface area contributed by atoms with Crippen LogP contribution in [0.25, 0.3) is 0 Å². The van der Waals surface area contributed by atoms with E-state index in [-0.39, 0.29) is 11.9 Å². The van der Waals surface area contributed by atoms with Gasteiger partial charge in [0.2, 0.25) is 11.1 Å². The summed E-state index contributed by atoms with van der Waals surface area (Å²) in [5.41, 5.74) is 1.23. The van der Waals surface area contributed by atoms with E-state index in [0.717, 1.165) is 37.4 Å². The van der Waals surface area contributed by atoms with Gasteiger partial charge in [0.05, 0.1) is 17.8 Å². The molecule has 1 amide bonds. The minimum absolute atomic E-state index is 0.176. The lowest BCUT2D eigenvalue weighted by molar-refractivity contribution is -0.130. The smallest absolute Gasteiger partial charge is 0.233 e. The molecular formula is C17H24N6OS. The van der Waals surface area contributed by atoms with Gasteiger partial charge in [0.15, 0.2) is 0 Å². The standard InChI is InChI=1S/C17H24N6OS/c1-21-10-5-7-14(21)15-6-3-2-4-11-22(15)16(24)12-25-17-18-19-20-23(17)13-8-9-13/h5,7,10,13,15H,2-4,6,8-9,11-12H2,1H3/t15-/m0/s1. The molecular weight excluding hydrogens is 336 g/mol. The minimum atomic E-state index is 0.176. The maximum atomic E-state index is 13.0. The van der Waals surface area contributed by atoms with Crippen LogP contribution in [0, 0.1) is 0 Å². The van der Waals surface area contributed by atoms with Gasteiger partial charge in [0, 0.05) is 25.5 Å². The molecule has 2 aromatic heterocycles. The lowest BCUT2D eigenvalue weighted by Gasteiger charge is -2.30. The number of carbonyl (C=O) groups is 1. The molecule has 0 bridgehead atoms. The number of hydrogen-bond donors (Lipinski definition) is 0. The first-order valence-corrected chi connectivity index (χ1v) is 10.0. The van der Waals surface area contributed by atoms with Gasteiger partial charge in [-0.3, -0.25) is 4.79 Å². The highest BCUT2D eigenvalue weighted by Crippen LogP contribution is 2.37. The van der Waals surface area contributed by atoms with Gasteiger partial charge in [-0.15, -0.1) is 5.10 Å². The number of carbonyl (C=O) groups excluding carboxylic acids is 1. The molecule has 1 saturated heterocycles. The van der Waals surface area contributed by atoms with Gasteiger partial charge in [-0.05, 0) is 48.2 Å². The fourth-order valence-electron chi connectivity index (χ4n) is 3.57. The lowest BCUT2D eigenvalue weighted by Crippen LogP contribution is -2.36. The maximum absolute atomic E-state index is 13.0. The van der Waals surface area contributed by atoms with Crippen molar-refractivity contribution in [1.29, 1.82) is 0 Å². The zero-order valence-electron chi connectivity index (χ0n) is 14.5. The van der Waals surface area contributed by atoms with E-state index < -0.39 is 0 Å². The second kappa shape index (κ2) is 7.19. The van der Waals surface area contributed by atoms with Crippen LogP contribution in [0.5, 0.6) is 0 Å². The van der Waals surface area contributed by atoms with E-state index in [0.29, 0.717) is 11.8 Å². The molecule has 3 heterocycles. The number of amides is 1. The third kappa shape index (κ3) is 3.58. The molecule has 1 aliphatic heterocycles. The Labute approximate surface area is 151 Å². The summed E-state index contributed by atoms with van der Waals surface area (Å²) in [6.07, 6.45) is 8.81. The SMILES string of the molecule is Cn1cccc1[C@@H]1CCCCCN1C(=O)CSc1nnnn1C1CC1. The van der Waals surface area contributed by atoms with Crippen molar-refractivity contribution in [2.24, 2.45) is 7.05 Å². The maximum Gasteiger partial charge on any atom is 0.233 e. The fraction of sp³-hybridized carbons (Fsp3) is 0.647. The number of likely N-dealkylation sites (tertiary alicyclic amines) is 1. The molecule has 1 atom stereocenters. The van der Waals surface area contributed by atoms with Crippen LogP contribution in [0.2, 0.25) is 0 Å². The van der Waals surface area contributed by atoms with Crippen LogP contribution >= 0.6 is 11.8 Å². The van der Waals surface area contributed by atoms with Gasteiger partial charge in [-0.1, -0.05) is 24.6 Å². The summed E-state index contributed by atoms with van der Waals surface area (Å²) in [4.78, 5) is 15.0. The van der Waals surface area contributed by atoms with Crippen molar-refractivity contribution < 1.29 is 4.79 Å². The van der Waals surface area contributed by atoms with Gasteiger partial charge in [0.1, 0.15) is 0 Å². The Kier molecular flexibility index (Phi) is 4.78. The molecule has 4 rings (SSSR count). The van der Waals surface area contributed by atoms with Crippen LogP contribution in [0.4, 0.5) is 0 Å². The Morgan fingerprint density at radius 2 is 2.16 bits per heavy atom. The fourth-order valence-corrected chi connectivity index (χ4v) is 4.40. The summed E-state index contributed by atoms with van der Waals surface area (Å²) in [5, 5.41) is 12.7. The molecule has 1 saturated carbocycles. The Hall–Kier alpha value is -1.83. The summed E-state index contributed by atoms with van der Waals surface area (Å²) in [6, 6.07) is 4.80. The molecule has 1 aliphatic carbocycles. The van der Waals surface area contributed by atoms with Gasteiger partial charge in [-0.25, -0.2) is 4.68 Å². The van der Waals surface area contributed by atoms with Crippen LogP contribution in [-0.2, 0) is 11.8 Å². The summed E-state index contributed by atoms with van der Waals surface area (Å²) in [6.45, 7) is 0.836. The number of nitrogens with zero attached hydrogens (tertiary/aromatic N) is 6. The topological polar surface area (TPSA) is 68.8 Å².